The standard InChI is InChI=1S/C14H17BrS/c1-2-13(9-7-4-8-12-15)16-14-10-5-3-6-11-14/h2-3,5-6,9-11H,1,4,7-8,12H2/b13-9-. The van der Waals surface area contributed by atoms with Gasteiger partial charge in [-0.3, -0.25) is 0 Å². The van der Waals surface area contributed by atoms with Gasteiger partial charge in [-0.2, -0.15) is 0 Å². The van der Waals surface area contributed by atoms with Crippen LogP contribution in [-0.4, -0.2) is 5.33 Å². The van der Waals surface area contributed by atoms with Gasteiger partial charge in [-0.15, -0.1) is 0 Å². The molecule has 0 nitrogen and oxygen atoms in total. The van der Waals surface area contributed by atoms with Crippen LogP contribution < -0.4 is 0 Å². The third-order valence-electron chi connectivity index (χ3n) is 2.11. The Hall–Kier alpha value is -0.470. The molecule has 0 aliphatic rings. The summed E-state index contributed by atoms with van der Waals surface area (Å²) in [5, 5.41) is 1.09. The van der Waals surface area contributed by atoms with Gasteiger partial charge in [0.05, 0.1) is 0 Å². The Morgan fingerprint density at radius 1 is 1.25 bits per heavy atom. The van der Waals surface area contributed by atoms with Crippen LogP contribution in [0.1, 0.15) is 19.3 Å². The molecule has 0 heterocycles. The molecule has 1 rings (SSSR count). The molecule has 0 saturated carbocycles. The average Bonchev–Trinajstić information content (AvgIpc) is 2.34. The summed E-state index contributed by atoms with van der Waals surface area (Å²) in [5.41, 5.74) is 0. The van der Waals surface area contributed by atoms with Gasteiger partial charge in [0.1, 0.15) is 0 Å². The van der Waals surface area contributed by atoms with Gasteiger partial charge < -0.3 is 0 Å². The Kier molecular flexibility index (Phi) is 7.35. The Labute approximate surface area is 111 Å². The molecular formula is C14H17BrS. The van der Waals surface area contributed by atoms with Crippen LogP contribution in [-0.2, 0) is 0 Å². The predicted molar refractivity (Wildman–Crippen MR) is 78.2 cm³/mol. The lowest BCUT2D eigenvalue weighted by atomic mass is 10.2. The molecule has 0 aromatic heterocycles. The lowest BCUT2D eigenvalue weighted by Gasteiger charge is -2.02. The van der Waals surface area contributed by atoms with Crippen molar-refractivity contribution >= 4 is 27.7 Å². The maximum Gasteiger partial charge on any atom is 0.0122 e. The molecule has 1 aromatic rings. The monoisotopic (exact) mass is 296 g/mol. The number of hydrogen-bond acceptors (Lipinski definition) is 1. The minimum Gasteiger partial charge on any atom is -0.0980 e. The van der Waals surface area contributed by atoms with Crippen LogP contribution in [0.5, 0.6) is 0 Å². The molecule has 0 bridgehead atoms. The summed E-state index contributed by atoms with van der Waals surface area (Å²) in [4.78, 5) is 2.52. The number of halogens is 1. The summed E-state index contributed by atoms with van der Waals surface area (Å²) in [6, 6.07) is 10.4. The molecule has 0 aliphatic heterocycles. The van der Waals surface area contributed by atoms with Crippen molar-refractivity contribution in [1.29, 1.82) is 0 Å². The topological polar surface area (TPSA) is 0 Å². The smallest absolute Gasteiger partial charge is 0.0122 e. The second kappa shape index (κ2) is 8.66. The first-order valence-corrected chi connectivity index (χ1v) is 7.42. The zero-order chi connectivity index (χ0) is 11.6. The van der Waals surface area contributed by atoms with E-state index < -0.39 is 0 Å². The van der Waals surface area contributed by atoms with E-state index in [0.29, 0.717) is 0 Å². The molecule has 0 fully saturated rings. The van der Waals surface area contributed by atoms with Crippen LogP contribution in [0, 0.1) is 0 Å². The van der Waals surface area contributed by atoms with E-state index in [1.165, 1.54) is 22.6 Å². The largest absolute Gasteiger partial charge is 0.0980 e. The number of benzene rings is 1. The highest BCUT2D eigenvalue weighted by Crippen LogP contribution is 2.27. The van der Waals surface area contributed by atoms with Crippen LogP contribution in [0.2, 0.25) is 0 Å². The first-order valence-electron chi connectivity index (χ1n) is 5.48. The zero-order valence-electron chi connectivity index (χ0n) is 9.36. The van der Waals surface area contributed by atoms with E-state index in [2.05, 4.69) is 52.9 Å². The van der Waals surface area contributed by atoms with Crippen molar-refractivity contribution < 1.29 is 0 Å². The second-order valence-corrected chi connectivity index (χ2v) is 5.35. The summed E-state index contributed by atoms with van der Waals surface area (Å²) in [6.07, 6.45) is 7.81. The molecule has 0 radical (unpaired) electrons. The SMILES string of the molecule is C=C/C(=C/CCCCBr)Sc1ccccc1. The van der Waals surface area contributed by atoms with Gasteiger partial charge >= 0.3 is 0 Å². The normalized spacial score (nSPS) is 11.4. The first kappa shape index (κ1) is 13.6. The molecule has 2 heteroatoms. The van der Waals surface area contributed by atoms with Crippen LogP contribution in [0.3, 0.4) is 0 Å². The summed E-state index contributed by atoms with van der Waals surface area (Å²) in [6.45, 7) is 3.86. The van der Waals surface area contributed by atoms with E-state index in [-0.39, 0.29) is 0 Å². The number of alkyl halides is 1. The van der Waals surface area contributed by atoms with Crippen LogP contribution in [0.15, 0.2) is 58.9 Å². The van der Waals surface area contributed by atoms with Crippen molar-refractivity contribution in [1.82, 2.24) is 0 Å². The lowest BCUT2D eigenvalue weighted by Crippen LogP contribution is -1.77. The number of unbranched alkanes of at least 4 members (excludes halogenated alkanes) is 2. The zero-order valence-corrected chi connectivity index (χ0v) is 11.8. The molecule has 0 amide bonds. The summed E-state index contributed by atoms with van der Waals surface area (Å²) in [5.74, 6) is 0. The third-order valence-corrected chi connectivity index (χ3v) is 3.75. The molecular weight excluding hydrogens is 280 g/mol. The fraction of sp³-hybridized carbons (Fsp3) is 0.286. The molecule has 86 valence electrons. The maximum absolute atomic E-state index is 3.86. The third kappa shape index (κ3) is 5.57. The predicted octanol–water partition coefficient (Wildman–Crippen LogP) is 5.41. The van der Waals surface area contributed by atoms with Crippen molar-refractivity contribution in [3.8, 4) is 0 Å². The highest BCUT2D eigenvalue weighted by atomic mass is 79.9. The minimum atomic E-state index is 1.09. The molecule has 0 N–H and O–H groups in total. The van der Waals surface area contributed by atoms with E-state index in [4.69, 9.17) is 0 Å². The fourth-order valence-electron chi connectivity index (χ4n) is 1.27. The van der Waals surface area contributed by atoms with E-state index in [1.807, 2.05) is 12.1 Å². The average molecular weight is 297 g/mol. The van der Waals surface area contributed by atoms with Gasteiger partial charge in [-0.05, 0) is 31.4 Å². The first-order chi connectivity index (χ1) is 7.86. The van der Waals surface area contributed by atoms with Gasteiger partial charge in [0, 0.05) is 15.1 Å². The molecule has 0 atom stereocenters. The second-order valence-electron chi connectivity index (χ2n) is 3.41. The fourth-order valence-corrected chi connectivity index (χ4v) is 2.52. The van der Waals surface area contributed by atoms with E-state index in [9.17, 15) is 0 Å². The minimum absolute atomic E-state index is 1.09. The summed E-state index contributed by atoms with van der Waals surface area (Å²) < 4.78 is 0. The Morgan fingerprint density at radius 3 is 2.62 bits per heavy atom. The lowest BCUT2D eigenvalue weighted by molar-refractivity contribution is 0.826. The Morgan fingerprint density at radius 2 is 2.00 bits per heavy atom. The number of thioether (sulfide) groups is 1. The summed E-state index contributed by atoms with van der Waals surface area (Å²) >= 11 is 5.22. The van der Waals surface area contributed by atoms with Gasteiger partial charge in [-0.1, -0.05) is 64.6 Å². The number of rotatable bonds is 7. The van der Waals surface area contributed by atoms with Crippen LogP contribution in [0.4, 0.5) is 0 Å². The maximum atomic E-state index is 3.86. The van der Waals surface area contributed by atoms with Crippen molar-refractivity contribution in [3.05, 3.63) is 54.0 Å². The molecule has 1 aromatic carbocycles. The van der Waals surface area contributed by atoms with E-state index in [1.54, 1.807) is 11.8 Å². The highest BCUT2D eigenvalue weighted by Gasteiger charge is 1.95. The van der Waals surface area contributed by atoms with Gasteiger partial charge in [0.15, 0.2) is 0 Å². The Balaban J connectivity index is 2.45. The number of hydrogen-bond donors (Lipinski definition) is 0. The Bertz CT molecular complexity index is 330. The van der Waals surface area contributed by atoms with E-state index in [0.717, 1.165) is 11.8 Å². The molecule has 0 spiro atoms. The molecule has 16 heavy (non-hydrogen) atoms. The van der Waals surface area contributed by atoms with Gasteiger partial charge in [0.2, 0.25) is 0 Å². The van der Waals surface area contributed by atoms with Crippen LogP contribution >= 0.6 is 27.7 Å². The van der Waals surface area contributed by atoms with Crippen molar-refractivity contribution in [2.45, 2.75) is 24.2 Å². The molecule has 0 aliphatic carbocycles. The quantitative estimate of drug-likeness (QED) is 0.280. The highest BCUT2D eigenvalue weighted by molar-refractivity contribution is 9.09. The van der Waals surface area contributed by atoms with Crippen molar-refractivity contribution in [2.75, 3.05) is 5.33 Å². The van der Waals surface area contributed by atoms with Gasteiger partial charge in [-0.25, -0.2) is 0 Å². The van der Waals surface area contributed by atoms with Crippen molar-refractivity contribution in [3.63, 3.8) is 0 Å². The van der Waals surface area contributed by atoms with Crippen LogP contribution in [0.25, 0.3) is 0 Å². The number of allylic oxidation sites excluding steroid dienone is 2. The molecule has 0 unspecified atom stereocenters. The summed E-state index contributed by atoms with van der Waals surface area (Å²) in [7, 11) is 0. The van der Waals surface area contributed by atoms with E-state index >= 15 is 0 Å². The van der Waals surface area contributed by atoms with Crippen molar-refractivity contribution in [2.24, 2.45) is 0 Å². The van der Waals surface area contributed by atoms with Gasteiger partial charge in [0.25, 0.3) is 0 Å². The molecule has 0 saturated heterocycles.